The van der Waals surface area contributed by atoms with Gasteiger partial charge in [0.2, 0.25) is 5.91 Å². The van der Waals surface area contributed by atoms with E-state index in [-0.39, 0.29) is 18.4 Å². The molecule has 0 heterocycles. The summed E-state index contributed by atoms with van der Waals surface area (Å²) in [5.74, 6) is 0.468. The van der Waals surface area contributed by atoms with Crippen LogP contribution in [0.2, 0.25) is 0 Å². The van der Waals surface area contributed by atoms with Crippen molar-refractivity contribution in [2.45, 2.75) is 107 Å². The van der Waals surface area contributed by atoms with E-state index >= 15 is 0 Å². The molecule has 1 aliphatic carbocycles. The van der Waals surface area contributed by atoms with Gasteiger partial charge in [-0.15, -0.1) is 6.58 Å². The summed E-state index contributed by atoms with van der Waals surface area (Å²) in [4.78, 5) is 19.9. The number of allylic oxidation sites excluding steroid dienone is 8. The largest absolute Gasteiger partial charge is 0.378 e. The molecular weight excluding hydrogens is 589 g/mol. The zero-order valence-electron chi connectivity index (χ0n) is 31.6. The Balaban J connectivity index is 0.00000369. The molecule has 1 aliphatic rings. The number of carbonyl (C=O) groups excluding carboxylic acids is 1. The van der Waals surface area contributed by atoms with Gasteiger partial charge in [-0.25, -0.2) is 4.99 Å². The normalized spacial score (nSPS) is 16.5. The van der Waals surface area contributed by atoms with Crippen molar-refractivity contribution in [1.82, 2.24) is 15.5 Å². The number of nitrogens with one attached hydrogen (secondary N) is 2. The summed E-state index contributed by atoms with van der Waals surface area (Å²) in [7, 11) is 0. The van der Waals surface area contributed by atoms with Crippen LogP contribution in [0.15, 0.2) is 120 Å². The molecule has 0 radical (unpaired) electrons. The molecule has 2 rings (SSSR count). The molecule has 1 unspecified atom stereocenters. The van der Waals surface area contributed by atoms with Crippen LogP contribution in [0.5, 0.6) is 0 Å². The molecule has 1 atom stereocenters. The molecule has 1 aromatic rings. The van der Waals surface area contributed by atoms with Crippen molar-refractivity contribution in [1.29, 1.82) is 0 Å². The molecule has 1 amide bonds. The highest BCUT2D eigenvalue weighted by Gasteiger charge is 2.17. The maximum absolute atomic E-state index is 13.1. The Morgan fingerprint density at radius 2 is 1.71 bits per heavy atom. The van der Waals surface area contributed by atoms with E-state index in [9.17, 15) is 4.79 Å². The summed E-state index contributed by atoms with van der Waals surface area (Å²) < 4.78 is 0. The third-order valence-corrected chi connectivity index (χ3v) is 8.28. The topological polar surface area (TPSA) is 56.7 Å². The molecule has 5 heteroatoms. The van der Waals surface area contributed by atoms with Crippen molar-refractivity contribution in [3.8, 4) is 0 Å². The van der Waals surface area contributed by atoms with Crippen LogP contribution in [0.4, 0.5) is 0 Å². The van der Waals surface area contributed by atoms with Gasteiger partial charge in [-0.05, 0) is 109 Å². The number of hydrogen-bond acceptors (Lipinski definition) is 4. The van der Waals surface area contributed by atoms with E-state index in [0.29, 0.717) is 12.4 Å². The van der Waals surface area contributed by atoms with Crippen LogP contribution in [-0.2, 0) is 11.2 Å². The summed E-state index contributed by atoms with van der Waals surface area (Å²) in [6.07, 6.45) is 18.2. The predicted molar refractivity (Wildman–Crippen MR) is 212 cm³/mol. The Bertz CT molecular complexity index is 1500. The Labute approximate surface area is 293 Å². The maximum Gasteiger partial charge on any atom is 0.226 e. The molecule has 0 saturated carbocycles. The van der Waals surface area contributed by atoms with E-state index in [0.717, 1.165) is 53.9 Å². The highest BCUT2D eigenvalue weighted by atomic mass is 16.1. The number of hydrogen-bond donors (Lipinski definition) is 2. The van der Waals surface area contributed by atoms with Gasteiger partial charge >= 0.3 is 0 Å². The smallest absolute Gasteiger partial charge is 0.226 e. The van der Waals surface area contributed by atoms with Gasteiger partial charge < -0.3 is 15.5 Å². The fourth-order valence-electron chi connectivity index (χ4n) is 5.32. The number of aliphatic imine (C=N–C) groups is 1. The Hall–Kier alpha value is -4.38. The van der Waals surface area contributed by atoms with Crippen LogP contribution in [0.3, 0.4) is 0 Å². The lowest BCUT2D eigenvalue weighted by Crippen LogP contribution is -2.28. The Kier molecular flexibility index (Phi) is 18.6. The molecule has 1 aromatic carbocycles. The van der Waals surface area contributed by atoms with Crippen LogP contribution in [0, 0.1) is 6.92 Å². The first-order chi connectivity index (χ1) is 22.7. The number of rotatable bonds is 15. The molecular formula is C43H62N4O. The van der Waals surface area contributed by atoms with Gasteiger partial charge in [-0.3, -0.25) is 4.79 Å². The van der Waals surface area contributed by atoms with Gasteiger partial charge in [0.05, 0.1) is 12.1 Å². The molecule has 0 aliphatic heterocycles. The first-order valence-corrected chi connectivity index (χ1v) is 17.1. The summed E-state index contributed by atoms with van der Waals surface area (Å²) in [6, 6.07) is 4.37. The van der Waals surface area contributed by atoms with Crippen molar-refractivity contribution >= 4 is 17.7 Å². The van der Waals surface area contributed by atoms with E-state index in [1.54, 1.807) is 6.08 Å². The van der Waals surface area contributed by atoms with Crippen molar-refractivity contribution < 1.29 is 4.79 Å². The highest BCUT2D eigenvalue weighted by Crippen LogP contribution is 2.27. The second-order valence-corrected chi connectivity index (χ2v) is 12.6. The van der Waals surface area contributed by atoms with Gasteiger partial charge in [-0.1, -0.05) is 98.4 Å². The number of carbonyl (C=O) groups is 1. The second-order valence-electron chi connectivity index (χ2n) is 12.6. The Morgan fingerprint density at radius 3 is 2.29 bits per heavy atom. The van der Waals surface area contributed by atoms with Crippen LogP contribution in [0.25, 0.3) is 6.08 Å². The average Bonchev–Trinajstić information content (AvgIpc) is 3.03. The van der Waals surface area contributed by atoms with Gasteiger partial charge in [0.15, 0.2) is 0 Å². The highest BCUT2D eigenvalue weighted by molar-refractivity contribution is 5.97. The fraction of sp³-hybridized carbons (Fsp3) is 0.395. The molecule has 0 spiro atoms. The van der Waals surface area contributed by atoms with Crippen LogP contribution < -0.4 is 10.6 Å². The van der Waals surface area contributed by atoms with E-state index in [1.807, 2.05) is 57.9 Å². The minimum atomic E-state index is -0.0517. The van der Waals surface area contributed by atoms with Gasteiger partial charge in [-0.2, -0.15) is 0 Å². The summed E-state index contributed by atoms with van der Waals surface area (Å²) in [5.41, 5.74) is 12.3. The molecule has 0 aromatic heterocycles. The van der Waals surface area contributed by atoms with Gasteiger partial charge in [0.1, 0.15) is 5.82 Å². The van der Waals surface area contributed by atoms with E-state index in [1.165, 1.54) is 33.4 Å². The average molecular weight is 651 g/mol. The van der Waals surface area contributed by atoms with Crippen molar-refractivity contribution in [3.63, 3.8) is 0 Å². The summed E-state index contributed by atoms with van der Waals surface area (Å²) >= 11 is 0. The lowest BCUT2D eigenvalue weighted by molar-refractivity contribution is -0.120. The van der Waals surface area contributed by atoms with Crippen LogP contribution in [0.1, 0.15) is 116 Å². The zero-order valence-corrected chi connectivity index (χ0v) is 31.6. The fourth-order valence-corrected chi connectivity index (χ4v) is 5.32. The van der Waals surface area contributed by atoms with Gasteiger partial charge in [0.25, 0.3) is 0 Å². The number of amides is 1. The van der Waals surface area contributed by atoms with E-state index in [4.69, 9.17) is 4.99 Å². The van der Waals surface area contributed by atoms with E-state index < -0.39 is 0 Å². The number of benzene rings is 1. The maximum atomic E-state index is 13.1. The van der Waals surface area contributed by atoms with Crippen molar-refractivity contribution in [2.24, 2.45) is 4.99 Å². The molecule has 0 saturated heterocycles. The molecule has 48 heavy (non-hydrogen) atoms. The van der Waals surface area contributed by atoms with Crippen molar-refractivity contribution in [2.75, 3.05) is 6.54 Å². The lowest BCUT2D eigenvalue weighted by Gasteiger charge is -2.25. The standard InChI is InChI=1S/C40H56N4O.C3H6/c1-13-17-38-30(8)36(14-2)22-23-39(38)33(11)42-31(9)32(10)43-34(12)44(26-27(4)5)37(15-3)24-40(45)41-25-35-19-16-18-28(6)29(7)20-21-35;1-3-2/h14-16,19,21-23,26,33,42H,2,9,12-13,17-18,20,24-25H2,1,3-8,10-11H3,(H,41,45);3H,1H2,2H3/b19-16?,29-28-,35-21+,37-15-,43-32+;. The molecule has 5 nitrogen and oxygen atoms in total. The quantitative estimate of drug-likeness (QED) is 0.147. The third kappa shape index (κ3) is 13.4. The molecule has 260 valence electrons. The van der Waals surface area contributed by atoms with Crippen LogP contribution >= 0.6 is 0 Å². The first-order valence-electron chi connectivity index (χ1n) is 17.1. The number of nitrogens with zero attached hydrogens (tertiary/aromatic N) is 2. The summed E-state index contributed by atoms with van der Waals surface area (Å²) in [5, 5.41) is 6.66. The third-order valence-electron chi connectivity index (χ3n) is 8.28. The van der Waals surface area contributed by atoms with E-state index in [2.05, 4.69) is 102 Å². The molecule has 0 fully saturated rings. The minimum Gasteiger partial charge on any atom is -0.378 e. The first kappa shape index (κ1) is 41.6. The lowest BCUT2D eigenvalue weighted by atomic mass is 9.90. The minimum absolute atomic E-state index is 0.0467. The zero-order chi connectivity index (χ0) is 36.4. The second kappa shape index (κ2) is 21.5. The predicted octanol–water partition coefficient (Wildman–Crippen LogP) is 11.1. The molecule has 2 N–H and O–H groups in total. The van der Waals surface area contributed by atoms with Crippen molar-refractivity contribution in [3.05, 3.63) is 137 Å². The molecule has 0 bridgehead atoms. The Morgan fingerprint density at radius 1 is 1.06 bits per heavy atom. The van der Waals surface area contributed by atoms with Gasteiger partial charge in [0, 0.05) is 30.2 Å². The SMILES string of the molecule is C=CC.C=Cc1ccc(C(C)NC(=C)/C(C)=N/C(=C)N(C=C(C)C)/C(=C\C)CC(=O)NC/C2=C/C/C(C)=C(/C)CC=C2)c(CCC)c1C. The summed E-state index contributed by atoms with van der Waals surface area (Å²) in [6.45, 7) is 37.1. The monoisotopic (exact) mass is 650 g/mol. The van der Waals surface area contributed by atoms with Crippen LogP contribution in [-0.4, -0.2) is 23.1 Å².